The van der Waals surface area contributed by atoms with Crippen molar-refractivity contribution < 1.29 is 5.11 Å². The van der Waals surface area contributed by atoms with Gasteiger partial charge in [-0.25, -0.2) is 0 Å². The van der Waals surface area contributed by atoms with E-state index >= 15 is 0 Å². The lowest BCUT2D eigenvalue weighted by Crippen LogP contribution is -2.49. The standard InChI is InChI=1S/C24H25ClN4O/c25-21-7-5-19-14-22(8-6-18(19)13-21)27-16-23(30)17-28-9-11-29(12-10-28)24-4-2-1-3-20(24)15-26/h1-8,13-14,23,27,30H,9-12,16-17H2. The summed E-state index contributed by atoms with van der Waals surface area (Å²) in [5, 5.41) is 26.1. The van der Waals surface area contributed by atoms with E-state index in [1.807, 2.05) is 54.6 Å². The van der Waals surface area contributed by atoms with Gasteiger partial charge in [-0.05, 0) is 47.2 Å². The van der Waals surface area contributed by atoms with Gasteiger partial charge in [0.05, 0.1) is 17.4 Å². The predicted octanol–water partition coefficient (Wildman–Crippen LogP) is 3.96. The first-order chi connectivity index (χ1) is 14.6. The highest BCUT2D eigenvalue weighted by Crippen LogP contribution is 2.23. The number of nitrogens with zero attached hydrogens (tertiary/aromatic N) is 3. The Morgan fingerprint density at radius 1 is 1.00 bits per heavy atom. The van der Waals surface area contributed by atoms with Crippen LogP contribution in [0, 0.1) is 11.3 Å². The third kappa shape index (κ3) is 4.85. The van der Waals surface area contributed by atoms with E-state index in [1.54, 1.807) is 0 Å². The SMILES string of the molecule is N#Cc1ccccc1N1CCN(CC(O)CNc2ccc3cc(Cl)ccc3c2)CC1. The molecule has 4 rings (SSSR count). The number of benzene rings is 3. The molecule has 0 saturated carbocycles. The van der Waals surface area contributed by atoms with Crippen LogP contribution >= 0.6 is 11.6 Å². The number of rotatable bonds is 6. The first-order valence-corrected chi connectivity index (χ1v) is 10.6. The van der Waals surface area contributed by atoms with Crippen molar-refractivity contribution in [3.05, 3.63) is 71.2 Å². The lowest BCUT2D eigenvalue weighted by atomic mass is 10.1. The Balaban J connectivity index is 1.27. The summed E-state index contributed by atoms with van der Waals surface area (Å²) < 4.78 is 0. The number of hydrogen-bond donors (Lipinski definition) is 2. The summed E-state index contributed by atoms with van der Waals surface area (Å²) in [5.74, 6) is 0. The summed E-state index contributed by atoms with van der Waals surface area (Å²) in [6, 6.07) is 22.0. The molecule has 0 aliphatic carbocycles. The zero-order valence-corrected chi connectivity index (χ0v) is 17.5. The van der Waals surface area contributed by atoms with Gasteiger partial charge in [0.2, 0.25) is 0 Å². The molecule has 3 aromatic carbocycles. The highest BCUT2D eigenvalue weighted by molar-refractivity contribution is 6.31. The van der Waals surface area contributed by atoms with Crippen LogP contribution in [0.4, 0.5) is 11.4 Å². The quantitative estimate of drug-likeness (QED) is 0.632. The van der Waals surface area contributed by atoms with Gasteiger partial charge in [0.15, 0.2) is 0 Å². The van der Waals surface area contributed by atoms with Crippen LogP contribution in [0.25, 0.3) is 10.8 Å². The highest BCUT2D eigenvalue weighted by Gasteiger charge is 2.20. The largest absolute Gasteiger partial charge is 0.390 e. The maximum Gasteiger partial charge on any atom is 0.101 e. The maximum absolute atomic E-state index is 10.5. The number of hydrogen-bond acceptors (Lipinski definition) is 5. The van der Waals surface area contributed by atoms with E-state index in [-0.39, 0.29) is 0 Å². The van der Waals surface area contributed by atoms with Crippen molar-refractivity contribution in [2.75, 3.05) is 49.5 Å². The Hall–Kier alpha value is -2.78. The summed E-state index contributed by atoms with van der Waals surface area (Å²) in [5.41, 5.74) is 2.70. The molecule has 3 aromatic rings. The number of β-amino-alcohol motifs (C(OH)–C–C–N with tert-alkyl or cyclic N) is 1. The number of nitrogens with one attached hydrogen (secondary N) is 1. The van der Waals surface area contributed by atoms with Crippen molar-refractivity contribution in [1.82, 2.24) is 4.90 Å². The highest BCUT2D eigenvalue weighted by atomic mass is 35.5. The molecule has 1 aliphatic rings. The zero-order chi connectivity index (χ0) is 20.9. The number of halogens is 1. The molecule has 154 valence electrons. The molecule has 1 aliphatic heterocycles. The number of para-hydroxylation sites is 1. The molecule has 30 heavy (non-hydrogen) atoms. The molecular weight excluding hydrogens is 396 g/mol. The van der Waals surface area contributed by atoms with Gasteiger partial charge in [-0.1, -0.05) is 35.9 Å². The van der Waals surface area contributed by atoms with E-state index in [9.17, 15) is 10.4 Å². The fourth-order valence-corrected chi connectivity index (χ4v) is 4.12. The minimum Gasteiger partial charge on any atom is -0.390 e. The topological polar surface area (TPSA) is 62.5 Å². The van der Waals surface area contributed by atoms with Crippen LogP contribution < -0.4 is 10.2 Å². The molecule has 1 unspecified atom stereocenters. The Bertz CT molecular complexity index is 1060. The molecule has 1 fully saturated rings. The zero-order valence-electron chi connectivity index (χ0n) is 16.8. The molecule has 5 nitrogen and oxygen atoms in total. The Labute approximate surface area is 182 Å². The van der Waals surface area contributed by atoms with Gasteiger partial charge < -0.3 is 15.3 Å². The summed E-state index contributed by atoms with van der Waals surface area (Å²) >= 11 is 6.04. The second-order valence-electron chi connectivity index (χ2n) is 7.66. The average Bonchev–Trinajstić information content (AvgIpc) is 2.78. The Morgan fingerprint density at radius 3 is 2.53 bits per heavy atom. The van der Waals surface area contributed by atoms with Crippen molar-refractivity contribution in [2.45, 2.75) is 6.10 Å². The van der Waals surface area contributed by atoms with Crippen LogP contribution in [0.2, 0.25) is 5.02 Å². The van der Waals surface area contributed by atoms with Crippen molar-refractivity contribution in [1.29, 1.82) is 5.26 Å². The first-order valence-electron chi connectivity index (χ1n) is 10.2. The summed E-state index contributed by atoms with van der Waals surface area (Å²) in [6.07, 6.45) is -0.455. The minimum absolute atomic E-state index is 0.455. The van der Waals surface area contributed by atoms with Gasteiger partial charge in [0.25, 0.3) is 0 Å². The number of fused-ring (bicyclic) bond motifs is 1. The van der Waals surface area contributed by atoms with E-state index in [0.717, 1.165) is 53.3 Å². The van der Waals surface area contributed by atoms with Gasteiger partial charge in [0.1, 0.15) is 6.07 Å². The average molecular weight is 421 g/mol. The lowest BCUT2D eigenvalue weighted by molar-refractivity contribution is 0.118. The second kappa shape index (κ2) is 9.36. The monoisotopic (exact) mass is 420 g/mol. The fraction of sp³-hybridized carbons (Fsp3) is 0.292. The van der Waals surface area contributed by atoms with Gasteiger partial charge in [-0.3, -0.25) is 4.90 Å². The second-order valence-corrected chi connectivity index (χ2v) is 8.09. The summed E-state index contributed by atoms with van der Waals surface area (Å²) in [4.78, 5) is 4.53. The van der Waals surface area contributed by atoms with Gasteiger partial charge in [-0.15, -0.1) is 0 Å². The molecule has 0 amide bonds. The molecule has 1 atom stereocenters. The Morgan fingerprint density at radius 2 is 1.73 bits per heavy atom. The van der Waals surface area contributed by atoms with Crippen molar-refractivity contribution in [2.24, 2.45) is 0 Å². The fourth-order valence-electron chi connectivity index (χ4n) is 3.94. The minimum atomic E-state index is -0.455. The molecular formula is C24H25ClN4O. The normalized spacial score (nSPS) is 15.7. The van der Waals surface area contributed by atoms with E-state index in [0.29, 0.717) is 18.7 Å². The van der Waals surface area contributed by atoms with Crippen LogP contribution in [0.1, 0.15) is 5.56 Å². The number of aliphatic hydroxyl groups is 1. The number of anilines is 2. The third-order valence-electron chi connectivity index (χ3n) is 5.55. The first kappa shape index (κ1) is 20.5. The van der Waals surface area contributed by atoms with E-state index in [1.165, 1.54) is 0 Å². The number of aliphatic hydroxyl groups excluding tert-OH is 1. The van der Waals surface area contributed by atoms with Gasteiger partial charge in [-0.2, -0.15) is 5.26 Å². The predicted molar refractivity (Wildman–Crippen MR) is 123 cm³/mol. The molecule has 6 heteroatoms. The van der Waals surface area contributed by atoms with Crippen LogP contribution in [0.3, 0.4) is 0 Å². The molecule has 0 spiro atoms. The van der Waals surface area contributed by atoms with Crippen LogP contribution in [-0.2, 0) is 0 Å². The number of piperazine rings is 1. The van der Waals surface area contributed by atoms with E-state index in [4.69, 9.17) is 11.6 Å². The van der Waals surface area contributed by atoms with E-state index in [2.05, 4.69) is 27.3 Å². The van der Waals surface area contributed by atoms with Crippen LogP contribution in [0.5, 0.6) is 0 Å². The molecule has 0 aromatic heterocycles. The van der Waals surface area contributed by atoms with E-state index < -0.39 is 6.10 Å². The molecule has 2 N–H and O–H groups in total. The maximum atomic E-state index is 10.5. The van der Waals surface area contributed by atoms with Crippen molar-refractivity contribution in [3.63, 3.8) is 0 Å². The number of nitriles is 1. The van der Waals surface area contributed by atoms with Gasteiger partial charge in [0, 0.05) is 50.0 Å². The molecule has 1 heterocycles. The lowest BCUT2D eigenvalue weighted by Gasteiger charge is -2.37. The smallest absolute Gasteiger partial charge is 0.101 e. The third-order valence-corrected chi connectivity index (χ3v) is 5.79. The van der Waals surface area contributed by atoms with Gasteiger partial charge >= 0.3 is 0 Å². The van der Waals surface area contributed by atoms with Crippen LogP contribution in [0.15, 0.2) is 60.7 Å². The van der Waals surface area contributed by atoms with Crippen LogP contribution in [-0.4, -0.2) is 55.4 Å². The van der Waals surface area contributed by atoms with Crippen molar-refractivity contribution >= 4 is 33.7 Å². The Kier molecular flexibility index (Phi) is 6.39. The summed E-state index contributed by atoms with van der Waals surface area (Å²) in [7, 11) is 0. The van der Waals surface area contributed by atoms with Crippen molar-refractivity contribution in [3.8, 4) is 6.07 Å². The molecule has 1 saturated heterocycles. The molecule has 0 bridgehead atoms. The summed E-state index contributed by atoms with van der Waals surface area (Å²) in [6.45, 7) is 4.57. The molecule has 0 radical (unpaired) electrons.